The highest BCUT2D eigenvalue weighted by atomic mass is 79.9. The van der Waals surface area contributed by atoms with Crippen molar-refractivity contribution in [1.82, 2.24) is 0 Å². The van der Waals surface area contributed by atoms with Gasteiger partial charge in [-0.3, -0.25) is 4.79 Å². The van der Waals surface area contributed by atoms with Gasteiger partial charge in [-0.05, 0) is 79.4 Å². The summed E-state index contributed by atoms with van der Waals surface area (Å²) in [5.41, 5.74) is 2.68. The van der Waals surface area contributed by atoms with Crippen molar-refractivity contribution in [3.8, 4) is 11.8 Å². The number of hydrogen-bond donors (Lipinski definition) is 1. The second-order valence-corrected chi connectivity index (χ2v) is 8.84. The fraction of sp³-hybridized carbons (Fsp3) is 0.0435. The SMILES string of the molecule is N#C/C(=C\c1cc(Br)c(OCC(=O)Nc2ccc(Cl)c(Cl)c2)c(Br)c1)c1ccccc1. The van der Waals surface area contributed by atoms with E-state index in [1.54, 1.807) is 24.3 Å². The highest BCUT2D eigenvalue weighted by Gasteiger charge is 2.12. The van der Waals surface area contributed by atoms with Crippen LogP contribution in [0.1, 0.15) is 11.1 Å². The summed E-state index contributed by atoms with van der Waals surface area (Å²) in [6.45, 7) is -0.208. The average molecular weight is 581 g/mol. The van der Waals surface area contributed by atoms with Gasteiger partial charge in [-0.2, -0.15) is 5.26 Å². The average Bonchev–Trinajstić information content (AvgIpc) is 2.74. The standard InChI is InChI=1S/C23H14Br2Cl2N2O2/c24-18-9-14(8-16(12-28)15-4-2-1-3-5-15)10-19(25)23(18)31-13-22(30)29-17-6-7-20(26)21(27)11-17/h1-11H,13H2,(H,29,30)/b16-8+. The Balaban J connectivity index is 1.72. The van der Waals surface area contributed by atoms with Crippen LogP contribution in [0.2, 0.25) is 10.0 Å². The van der Waals surface area contributed by atoms with Gasteiger partial charge in [0.15, 0.2) is 6.61 Å². The third-order valence-electron chi connectivity index (χ3n) is 4.09. The number of carbonyl (C=O) groups excluding carboxylic acids is 1. The van der Waals surface area contributed by atoms with Crippen molar-refractivity contribution in [2.45, 2.75) is 0 Å². The van der Waals surface area contributed by atoms with Crippen LogP contribution in [0.25, 0.3) is 11.6 Å². The lowest BCUT2D eigenvalue weighted by atomic mass is 10.0. The lowest BCUT2D eigenvalue weighted by Crippen LogP contribution is -2.20. The van der Waals surface area contributed by atoms with Gasteiger partial charge in [0.1, 0.15) is 5.75 Å². The molecule has 0 spiro atoms. The van der Waals surface area contributed by atoms with E-state index in [9.17, 15) is 10.1 Å². The number of halogens is 4. The number of rotatable bonds is 6. The van der Waals surface area contributed by atoms with Crippen LogP contribution >= 0.6 is 55.1 Å². The molecule has 0 aliphatic rings. The molecule has 1 N–H and O–H groups in total. The molecule has 0 heterocycles. The van der Waals surface area contributed by atoms with E-state index in [0.717, 1.165) is 11.1 Å². The monoisotopic (exact) mass is 578 g/mol. The van der Waals surface area contributed by atoms with Gasteiger partial charge in [0.25, 0.3) is 5.91 Å². The molecule has 0 saturated heterocycles. The molecule has 8 heteroatoms. The molecule has 4 nitrogen and oxygen atoms in total. The summed E-state index contributed by atoms with van der Waals surface area (Å²) in [5.74, 6) is 0.122. The predicted octanol–water partition coefficient (Wildman–Crippen LogP) is 7.60. The Hall–Kier alpha value is -2.30. The number of nitriles is 1. The van der Waals surface area contributed by atoms with Crippen molar-refractivity contribution in [2.24, 2.45) is 0 Å². The Morgan fingerprint density at radius 3 is 2.32 bits per heavy atom. The van der Waals surface area contributed by atoms with E-state index in [1.807, 2.05) is 42.5 Å². The molecular weight excluding hydrogens is 567 g/mol. The van der Waals surface area contributed by atoms with Crippen molar-refractivity contribution >= 4 is 78.3 Å². The molecule has 3 rings (SSSR count). The number of anilines is 1. The van der Waals surface area contributed by atoms with Gasteiger partial charge < -0.3 is 10.1 Å². The minimum Gasteiger partial charge on any atom is -0.481 e. The summed E-state index contributed by atoms with van der Waals surface area (Å²) < 4.78 is 6.96. The van der Waals surface area contributed by atoms with Crippen LogP contribution in [-0.4, -0.2) is 12.5 Å². The first kappa shape index (κ1) is 23.4. The highest BCUT2D eigenvalue weighted by Crippen LogP contribution is 2.36. The summed E-state index contributed by atoms with van der Waals surface area (Å²) in [4.78, 5) is 12.2. The molecule has 156 valence electrons. The van der Waals surface area contributed by atoms with Crippen LogP contribution in [-0.2, 0) is 4.79 Å². The number of allylic oxidation sites excluding steroid dienone is 1. The van der Waals surface area contributed by atoms with Gasteiger partial charge in [0.05, 0.1) is 30.6 Å². The van der Waals surface area contributed by atoms with Crippen LogP contribution in [0.3, 0.4) is 0 Å². The van der Waals surface area contributed by atoms with Crippen LogP contribution in [0.5, 0.6) is 5.75 Å². The largest absolute Gasteiger partial charge is 0.481 e. The molecule has 0 saturated carbocycles. The Morgan fingerprint density at radius 2 is 1.71 bits per heavy atom. The summed E-state index contributed by atoms with van der Waals surface area (Å²) in [6, 6.07) is 20.1. The first-order chi connectivity index (χ1) is 14.9. The lowest BCUT2D eigenvalue weighted by molar-refractivity contribution is -0.118. The zero-order valence-corrected chi connectivity index (χ0v) is 20.5. The lowest BCUT2D eigenvalue weighted by Gasteiger charge is -2.12. The molecule has 3 aromatic rings. The van der Waals surface area contributed by atoms with Gasteiger partial charge in [-0.25, -0.2) is 0 Å². The Bertz CT molecular complexity index is 1170. The molecule has 0 aliphatic carbocycles. The first-order valence-electron chi connectivity index (χ1n) is 8.91. The van der Waals surface area contributed by atoms with E-state index in [0.29, 0.717) is 36.0 Å². The first-order valence-corrected chi connectivity index (χ1v) is 11.3. The number of carbonyl (C=O) groups is 1. The molecule has 0 unspecified atom stereocenters. The fourth-order valence-electron chi connectivity index (χ4n) is 2.67. The topological polar surface area (TPSA) is 62.1 Å². The van der Waals surface area contributed by atoms with Gasteiger partial charge in [0, 0.05) is 5.69 Å². The maximum absolute atomic E-state index is 12.2. The summed E-state index contributed by atoms with van der Waals surface area (Å²) in [5, 5.41) is 13.0. The molecule has 31 heavy (non-hydrogen) atoms. The molecule has 1 amide bonds. The number of nitrogens with zero attached hydrogens (tertiary/aromatic N) is 1. The number of nitrogens with one attached hydrogen (secondary N) is 1. The highest BCUT2D eigenvalue weighted by molar-refractivity contribution is 9.11. The van der Waals surface area contributed by atoms with Crippen LogP contribution in [0.4, 0.5) is 5.69 Å². The molecule has 0 atom stereocenters. The van der Waals surface area contributed by atoms with E-state index in [4.69, 9.17) is 27.9 Å². The number of amides is 1. The van der Waals surface area contributed by atoms with Crippen LogP contribution < -0.4 is 10.1 Å². The number of benzene rings is 3. The molecule has 0 radical (unpaired) electrons. The molecule has 0 bridgehead atoms. The van der Waals surface area contributed by atoms with E-state index < -0.39 is 0 Å². The van der Waals surface area contributed by atoms with Crippen LogP contribution in [0, 0.1) is 11.3 Å². The minimum atomic E-state index is -0.350. The smallest absolute Gasteiger partial charge is 0.262 e. The Labute approximate surface area is 206 Å². The van der Waals surface area contributed by atoms with E-state index >= 15 is 0 Å². The van der Waals surface area contributed by atoms with Crippen molar-refractivity contribution < 1.29 is 9.53 Å². The van der Waals surface area contributed by atoms with Crippen molar-refractivity contribution in [3.05, 3.63) is 90.8 Å². The number of ether oxygens (including phenoxy) is 1. The van der Waals surface area contributed by atoms with E-state index in [-0.39, 0.29) is 12.5 Å². The van der Waals surface area contributed by atoms with Gasteiger partial charge >= 0.3 is 0 Å². The maximum atomic E-state index is 12.2. The zero-order valence-electron chi connectivity index (χ0n) is 15.8. The van der Waals surface area contributed by atoms with E-state index in [2.05, 4.69) is 43.2 Å². The van der Waals surface area contributed by atoms with E-state index in [1.165, 1.54) is 0 Å². The molecule has 3 aromatic carbocycles. The zero-order chi connectivity index (χ0) is 22.4. The molecule has 0 aliphatic heterocycles. The third kappa shape index (κ3) is 6.34. The van der Waals surface area contributed by atoms with Crippen molar-refractivity contribution in [3.63, 3.8) is 0 Å². The van der Waals surface area contributed by atoms with Crippen molar-refractivity contribution in [2.75, 3.05) is 11.9 Å². The van der Waals surface area contributed by atoms with Gasteiger partial charge in [-0.1, -0.05) is 53.5 Å². The third-order valence-corrected chi connectivity index (χ3v) is 6.00. The van der Waals surface area contributed by atoms with Crippen LogP contribution in [0.15, 0.2) is 69.6 Å². The fourth-order valence-corrected chi connectivity index (χ4v) is 4.42. The molecule has 0 aromatic heterocycles. The molecule has 0 fully saturated rings. The second-order valence-electron chi connectivity index (χ2n) is 6.32. The molecular formula is C23H14Br2Cl2N2O2. The normalized spacial score (nSPS) is 11.0. The minimum absolute atomic E-state index is 0.208. The Morgan fingerprint density at radius 1 is 1.03 bits per heavy atom. The van der Waals surface area contributed by atoms with Gasteiger partial charge in [-0.15, -0.1) is 0 Å². The van der Waals surface area contributed by atoms with Gasteiger partial charge in [0.2, 0.25) is 0 Å². The quantitative estimate of drug-likeness (QED) is 0.241. The summed E-state index contributed by atoms with van der Waals surface area (Å²) in [7, 11) is 0. The number of hydrogen-bond acceptors (Lipinski definition) is 3. The van der Waals surface area contributed by atoms with Crippen molar-refractivity contribution in [1.29, 1.82) is 5.26 Å². The summed E-state index contributed by atoms with van der Waals surface area (Å²) >= 11 is 18.8. The maximum Gasteiger partial charge on any atom is 0.262 e. The second kappa shape index (κ2) is 10.8. The Kier molecular flexibility index (Phi) is 8.16. The summed E-state index contributed by atoms with van der Waals surface area (Å²) in [6.07, 6.45) is 1.78. The predicted molar refractivity (Wildman–Crippen MR) is 132 cm³/mol.